The van der Waals surface area contributed by atoms with Gasteiger partial charge >= 0.3 is 0 Å². The van der Waals surface area contributed by atoms with Gasteiger partial charge in [0, 0.05) is 24.7 Å². The molecule has 2 aliphatic rings. The third kappa shape index (κ3) is 2.99. The van der Waals surface area contributed by atoms with Gasteiger partial charge in [-0.3, -0.25) is 4.79 Å². The highest BCUT2D eigenvalue weighted by Crippen LogP contribution is 2.25. The Labute approximate surface area is 127 Å². The van der Waals surface area contributed by atoms with E-state index in [2.05, 4.69) is 25.2 Å². The average molecular weight is 295 g/mol. The summed E-state index contributed by atoms with van der Waals surface area (Å²) in [6.07, 6.45) is 2.31. The van der Waals surface area contributed by atoms with Gasteiger partial charge in [-0.2, -0.15) is 0 Å². The summed E-state index contributed by atoms with van der Waals surface area (Å²) in [7, 11) is 0. The summed E-state index contributed by atoms with van der Waals surface area (Å²) >= 11 is 0. The van der Waals surface area contributed by atoms with E-state index in [-0.39, 0.29) is 18.3 Å². The van der Waals surface area contributed by atoms with E-state index in [9.17, 15) is 4.79 Å². The molecule has 2 saturated heterocycles. The van der Waals surface area contributed by atoms with Crippen LogP contribution in [0.4, 0.5) is 0 Å². The highest BCUT2D eigenvalue weighted by molar-refractivity contribution is 5.94. The fraction of sp³-hybridized carbons (Fsp3) is 0.562. The number of carbonyl (C=O) groups is 1. The number of rotatable bonds is 1. The van der Waals surface area contributed by atoms with Gasteiger partial charge in [-0.05, 0) is 51.3 Å². The topological polar surface area (TPSA) is 32.3 Å². The maximum Gasteiger partial charge on any atom is 0.253 e. The van der Waals surface area contributed by atoms with Crippen LogP contribution in [-0.2, 0) is 0 Å². The molecule has 0 spiro atoms. The summed E-state index contributed by atoms with van der Waals surface area (Å²) in [5, 5.41) is 3.54. The number of nitrogens with zero attached hydrogens (tertiary/aromatic N) is 1. The fourth-order valence-corrected chi connectivity index (χ4v) is 3.51. The monoisotopic (exact) mass is 294 g/mol. The number of hydrogen-bond acceptors (Lipinski definition) is 2. The predicted molar refractivity (Wildman–Crippen MR) is 83.6 cm³/mol. The molecule has 0 aliphatic carbocycles. The van der Waals surface area contributed by atoms with Crippen LogP contribution in [-0.4, -0.2) is 36.5 Å². The van der Waals surface area contributed by atoms with E-state index in [0.29, 0.717) is 12.0 Å². The molecular formula is C16H23ClN2O. The van der Waals surface area contributed by atoms with Crippen LogP contribution in [0.5, 0.6) is 0 Å². The van der Waals surface area contributed by atoms with Crippen molar-refractivity contribution < 1.29 is 4.79 Å². The highest BCUT2D eigenvalue weighted by Gasteiger charge is 2.34. The number of likely N-dealkylation sites (tertiary alicyclic amines) is 1. The second-order valence-electron chi connectivity index (χ2n) is 6.03. The molecule has 3 rings (SSSR count). The molecule has 0 saturated carbocycles. The van der Waals surface area contributed by atoms with Crippen LogP contribution in [0.2, 0.25) is 0 Å². The Balaban J connectivity index is 0.00000147. The van der Waals surface area contributed by atoms with Crippen molar-refractivity contribution in [2.75, 3.05) is 19.6 Å². The third-order valence-electron chi connectivity index (χ3n) is 4.41. The van der Waals surface area contributed by atoms with E-state index < -0.39 is 0 Å². The first-order chi connectivity index (χ1) is 9.13. The van der Waals surface area contributed by atoms with E-state index in [1.807, 2.05) is 17.0 Å². The third-order valence-corrected chi connectivity index (χ3v) is 4.41. The molecule has 1 amide bonds. The minimum atomic E-state index is 0. The van der Waals surface area contributed by atoms with Gasteiger partial charge in [0.05, 0.1) is 0 Å². The number of amides is 1. The van der Waals surface area contributed by atoms with Gasteiger partial charge in [0.25, 0.3) is 5.91 Å². The van der Waals surface area contributed by atoms with Crippen molar-refractivity contribution in [3.05, 3.63) is 34.9 Å². The van der Waals surface area contributed by atoms with Crippen LogP contribution in [0.1, 0.15) is 34.3 Å². The second-order valence-corrected chi connectivity index (χ2v) is 6.03. The summed E-state index contributed by atoms with van der Waals surface area (Å²) in [5.41, 5.74) is 3.18. The summed E-state index contributed by atoms with van der Waals surface area (Å²) in [6, 6.07) is 6.77. The first kappa shape index (κ1) is 15.3. The quantitative estimate of drug-likeness (QED) is 0.863. The molecule has 2 aliphatic heterocycles. The van der Waals surface area contributed by atoms with Crippen molar-refractivity contribution in [2.45, 2.75) is 32.7 Å². The zero-order valence-electron chi connectivity index (χ0n) is 12.2. The van der Waals surface area contributed by atoms with Gasteiger partial charge in [-0.15, -0.1) is 12.4 Å². The van der Waals surface area contributed by atoms with E-state index >= 15 is 0 Å². The Morgan fingerprint density at radius 2 is 1.90 bits per heavy atom. The molecule has 3 nitrogen and oxygen atoms in total. The Kier molecular flexibility index (Phi) is 4.71. The van der Waals surface area contributed by atoms with Crippen molar-refractivity contribution in [2.24, 2.45) is 5.92 Å². The number of piperidine rings is 1. The van der Waals surface area contributed by atoms with Gasteiger partial charge in [0.2, 0.25) is 0 Å². The molecule has 1 aromatic carbocycles. The lowest BCUT2D eigenvalue weighted by Gasteiger charge is -2.35. The molecule has 2 fully saturated rings. The maximum atomic E-state index is 12.6. The molecule has 0 bridgehead atoms. The zero-order valence-corrected chi connectivity index (χ0v) is 13.0. The first-order valence-corrected chi connectivity index (χ1v) is 7.24. The van der Waals surface area contributed by atoms with Gasteiger partial charge in [0.1, 0.15) is 0 Å². The number of nitrogens with one attached hydrogen (secondary N) is 1. The smallest absolute Gasteiger partial charge is 0.253 e. The summed E-state index contributed by atoms with van der Waals surface area (Å²) < 4.78 is 0. The molecule has 1 aromatic rings. The van der Waals surface area contributed by atoms with Crippen molar-refractivity contribution in [1.29, 1.82) is 0 Å². The van der Waals surface area contributed by atoms with Crippen LogP contribution < -0.4 is 5.32 Å². The Morgan fingerprint density at radius 1 is 1.20 bits per heavy atom. The van der Waals surface area contributed by atoms with Crippen molar-refractivity contribution in [3.8, 4) is 0 Å². The Bertz CT molecular complexity index is 483. The number of halogens is 1. The normalized spacial score (nSPS) is 25.0. The van der Waals surface area contributed by atoms with Crippen LogP contribution in [0.25, 0.3) is 0 Å². The molecule has 2 atom stereocenters. The van der Waals surface area contributed by atoms with Crippen molar-refractivity contribution in [1.82, 2.24) is 10.2 Å². The van der Waals surface area contributed by atoms with Crippen LogP contribution in [0.15, 0.2) is 18.2 Å². The van der Waals surface area contributed by atoms with Crippen molar-refractivity contribution >= 4 is 18.3 Å². The molecule has 2 unspecified atom stereocenters. The molecular weight excluding hydrogens is 272 g/mol. The van der Waals surface area contributed by atoms with E-state index in [1.165, 1.54) is 17.5 Å². The first-order valence-electron chi connectivity index (χ1n) is 7.24. The Morgan fingerprint density at radius 3 is 2.60 bits per heavy atom. The standard InChI is InChI=1S/C16H22N2O.ClH/c1-11-7-12(2)9-14(8-11)16(19)18-6-4-15-13(10-18)3-5-17-15;/h7-9,13,15,17H,3-6,10H2,1-2H3;1H. The van der Waals surface area contributed by atoms with Gasteiger partial charge in [-0.1, -0.05) is 17.2 Å². The molecule has 2 heterocycles. The minimum Gasteiger partial charge on any atom is -0.338 e. The molecule has 0 aromatic heterocycles. The molecule has 4 heteroatoms. The number of aryl methyl sites for hydroxylation is 2. The Hall–Kier alpha value is -1.06. The largest absolute Gasteiger partial charge is 0.338 e. The summed E-state index contributed by atoms with van der Waals surface area (Å²) in [4.78, 5) is 14.6. The lowest BCUT2D eigenvalue weighted by Crippen LogP contribution is -2.46. The van der Waals surface area contributed by atoms with Gasteiger partial charge in [-0.25, -0.2) is 0 Å². The lowest BCUT2D eigenvalue weighted by atomic mass is 9.93. The number of benzene rings is 1. The summed E-state index contributed by atoms with van der Waals surface area (Å²) in [6.45, 7) is 7.03. The number of carbonyl (C=O) groups excluding carboxylic acids is 1. The SMILES string of the molecule is Cc1cc(C)cc(C(=O)N2CCC3NCCC3C2)c1.Cl. The second kappa shape index (κ2) is 6.15. The van der Waals surface area contributed by atoms with E-state index in [4.69, 9.17) is 0 Å². The molecule has 110 valence electrons. The predicted octanol–water partition coefficient (Wildman–Crippen LogP) is 2.55. The number of hydrogen-bond donors (Lipinski definition) is 1. The van der Waals surface area contributed by atoms with E-state index in [1.54, 1.807) is 0 Å². The summed E-state index contributed by atoms with van der Waals surface area (Å²) in [5.74, 6) is 0.862. The number of fused-ring (bicyclic) bond motifs is 1. The average Bonchev–Trinajstić information content (AvgIpc) is 2.83. The molecule has 1 N–H and O–H groups in total. The van der Waals surface area contributed by atoms with Crippen molar-refractivity contribution in [3.63, 3.8) is 0 Å². The maximum absolute atomic E-state index is 12.6. The van der Waals surface area contributed by atoms with Gasteiger partial charge < -0.3 is 10.2 Å². The molecule has 20 heavy (non-hydrogen) atoms. The van der Waals surface area contributed by atoms with Gasteiger partial charge in [0.15, 0.2) is 0 Å². The van der Waals surface area contributed by atoms with Crippen LogP contribution >= 0.6 is 12.4 Å². The fourth-order valence-electron chi connectivity index (χ4n) is 3.51. The zero-order chi connectivity index (χ0) is 13.4. The van der Waals surface area contributed by atoms with Crippen LogP contribution in [0.3, 0.4) is 0 Å². The lowest BCUT2D eigenvalue weighted by molar-refractivity contribution is 0.0662. The minimum absolute atomic E-state index is 0. The molecule has 0 radical (unpaired) electrons. The van der Waals surface area contributed by atoms with Crippen LogP contribution in [0, 0.1) is 19.8 Å². The highest BCUT2D eigenvalue weighted by atomic mass is 35.5. The van der Waals surface area contributed by atoms with E-state index in [0.717, 1.165) is 31.6 Å².